The zero-order valence-electron chi connectivity index (χ0n) is 22.0. The van der Waals surface area contributed by atoms with E-state index in [0.29, 0.717) is 24.3 Å². The molecular weight excluding hydrogens is 477 g/mol. The Kier molecular flexibility index (Phi) is 9.55. The van der Waals surface area contributed by atoms with Gasteiger partial charge in [-0.15, -0.1) is 0 Å². The molecule has 202 valence electrons. The van der Waals surface area contributed by atoms with Crippen LogP contribution in [0, 0.1) is 23.4 Å². The normalized spacial score (nSPS) is 24.0. The molecule has 0 N–H and O–H groups in total. The van der Waals surface area contributed by atoms with E-state index in [1.54, 1.807) is 12.1 Å². The van der Waals surface area contributed by atoms with Gasteiger partial charge in [0.05, 0.1) is 12.7 Å². The van der Waals surface area contributed by atoms with Crippen LogP contribution in [0.4, 0.5) is 13.2 Å². The number of carbonyl (C=O) groups excluding carboxylic acids is 1. The minimum absolute atomic E-state index is 0.0000600. The van der Waals surface area contributed by atoms with Crippen molar-refractivity contribution < 1.29 is 27.4 Å². The molecule has 2 aromatic rings. The Bertz CT molecular complexity index is 1050. The third-order valence-electron chi connectivity index (χ3n) is 8.43. The van der Waals surface area contributed by atoms with E-state index in [0.717, 1.165) is 44.1 Å². The van der Waals surface area contributed by atoms with Crippen LogP contribution >= 0.6 is 0 Å². The van der Waals surface area contributed by atoms with Gasteiger partial charge in [0.1, 0.15) is 6.10 Å². The van der Waals surface area contributed by atoms with Crippen LogP contribution in [0.15, 0.2) is 30.3 Å². The summed E-state index contributed by atoms with van der Waals surface area (Å²) < 4.78 is 54.6. The Morgan fingerprint density at radius 2 is 1.57 bits per heavy atom. The Hall–Kier alpha value is -2.50. The largest absolute Gasteiger partial charge is 0.494 e. The van der Waals surface area contributed by atoms with E-state index in [1.165, 1.54) is 44.9 Å². The van der Waals surface area contributed by atoms with Crippen LogP contribution in [0.3, 0.4) is 0 Å². The second-order valence-corrected chi connectivity index (χ2v) is 10.8. The topological polar surface area (TPSA) is 35.5 Å². The van der Waals surface area contributed by atoms with Crippen LogP contribution < -0.4 is 4.74 Å². The quantitative estimate of drug-likeness (QED) is 0.247. The van der Waals surface area contributed by atoms with Crippen LogP contribution in [0.1, 0.15) is 117 Å². The molecule has 0 saturated heterocycles. The van der Waals surface area contributed by atoms with E-state index in [2.05, 4.69) is 6.92 Å². The fourth-order valence-electron chi connectivity index (χ4n) is 6.15. The van der Waals surface area contributed by atoms with Crippen molar-refractivity contribution in [2.45, 2.75) is 102 Å². The summed E-state index contributed by atoms with van der Waals surface area (Å²) in [6.45, 7) is 2.20. The van der Waals surface area contributed by atoms with Gasteiger partial charge >= 0.3 is 5.97 Å². The monoisotopic (exact) mass is 516 g/mol. The van der Waals surface area contributed by atoms with Crippen LogP contribution in [-0.4, -0.2) is 19.2 Å². The molecule has 2 aliphatic rings. The van der Waals surface area contributed by atoms with Crippen LogP contribution in [-0.2, 0) is 4.74 Å². The molecule has 6 heteroatoms. The molecule has 4 rings (SSSR count). The highest BCUT2D eigenvalue weighted by molar-refractivity contribution is 5.90. The summed E-state index contributed by atoms with van der Waals surface area (Å²) >= 11 is 0. The number of hydrogen-bond donors (Lipinski definition) is 0. The number of ether oxygens (including phenoxy) is 2. The average molecular weight is 517 g/mol. The van der Waals surface area contributed by atoms with E-state index >= 15 is 4.39 Å². The van der Waals surface area contributed by atoms with Gasteiger partial charge in [0.25, 0.3) is 0 Å². The van der Waals surface area contributed by atoms with Gasteiger partial charge in [0, 0.05) is 0 Å². The third-order valence-corrected chi connectivity index (χ3v) is 8.43. The summed E-state index contributed by atoms with van der Waals surface area (Å²) in [4.78, 5) is 12.7. The molecule has 3 nitrogen and oxygen atoms in total. The molecule has 2 aromatic carbocycles. The van der Waals surface area contributed by atoms with E-state index in [-0.39, 0.29) is 29.3 Å². The second-order valence-electron chi connectivity index (χ2n) is 10.8. The highest BCUT2D eigenvalue weighted by Crippen LogP contribution is 2.40. The molecule has 37 heavy (non-hydrogen) atoms. The Balaban J connectivity index is 1.31. The van der Waals surface area contributed by atoms with Gasteiger partial charge in [-0.05, 0) is 98.4 Å². The SMILES string of the molecule is CCCCCC1CCC(c2ccc(C(=O)OC3CCC(c4ccc(OC)c(F)c4)CC3)c(F)c2F)CC1. The van der Waals surface area contributed by atoms with Crippen LogP contribution in [0.2, 0.25) is 0 Å². The molecular formula is C31H39F3O3. The molecule has 0 atom stereocenters. The summed E-state index contributed by atoms with van der Waals surface area (Å²) in [5.74, 6) is -2.17. The highest BCUT2D eigenvalue weighted by Gasteiger charge is 2.30. The summed E-state index contributed by atoms with van der Waals surface area (Å²) in [5.41, 5.74) is 0.934. The van der Waals surface area contributed by atoms with E-state index < -0.39 is 23.4 Å². The van der Waals surface area contributed by atoms with Crippen LogP contribution in [0.5, 0.6) is 5.75 Å². The van der Waals surface area contributed by atoms with Crippen molar-refractivity contribution in [2.75, 3.05) is 7.11 Å². The Labute approximate surface area is 218 Å². The van der Waals surface area contributed by atoms with Gasteiger partial charge in [-0.1, -0.05) is 44.7 Å². The van der Waals surface area contributed by atoms with Crippen molar-refractivity contribution in [3.63, 3.8) is 0 Å². The molecule has 0 radical (unpaired) electrons. The van der Waals surface area contributed by atoms with Crippen molar-refractivity contribution in [3.8, 4) is 5.75 Å². The maximum Gasteiger partial charge on any atom is 0.341 e. The lowest BCUT2D eigenvalue weighted by atomic mass is 9.76. The zero-order chi connectivity index (χ0) is 26.4. The number of halogens is 3. The lowest BCUT2D eigenvalue weighted by molar-refractivity contribution is 0.0189. The first kappa shape index (κ1) is 27.5. The zero-order valence-corrected chi connectivity index (χ0v) is 22.0. The first-order valence-electron chi connectivity index (χ1n) is 13.9. The first-order chi connectivity index (χ1) is 17.9. The fraction of sp³-hybridized carbons (Fsp3) is 0.581. The minimum atomic E-state index is -1.10. The van der Waals surface area contributed by atoms with E-state index in [4.69, 9.17) is 9.47 Å². The van der Waals surface area contributed by atoms with Crippen molar-refractivity contribution >= 4 is 5.97 Å². The molecule has 2 saturated carbocycles. The lowest BCUT2D eigenvalue weighted by Crippen LogP contribution is -2.25. The van der Waals surface area contributed by atoms with Crippen molar-refractivity contribution in [1.82, 2.24) is 0 Å². The molecule has 0 amide bonds. The van der Waals surface area contributed by atoms with Gasteiger partial charge < -0.3 is 9.47 Å². The van der Waals surface area contributed by atoms with Crippen molar-refractivity contribution in [2.24, 2.45) is 5.92 Å². The van der Waals surface area contributed by atoms with Gasteiger partial charge in [0.15, 0.2) is 23.2 Å². The molecule has 0 spiro atoms. The first-order valence-corrected chi connectivity index (χ1v) is 13.9. The summed E-state index contributed by atoms with van der Waals surface area (Å²) in [6.07, 6.45) is 11.0. The van der Waals surface area contributed by atoms with Crippen LogP contribution in [0.25, 0.3) is 0 Å². The van der Waals surface area contributed by atoms with E-state index in [9.17, 15) is 13.6 Å². The third kappa shape index (κ3) is 6.69. The number of benzene rings is 2. The maximum absolute atomic E-state index is 15.0. The van der Waals surface area contributed by atoms with Crippen molar-refractivity contribution in [3.05, 3.63) is 64.5 Å². The van der Waals surface area contributed by atoms with Gasteiger partial charge in [-0.25, -0.2) is 18.0 Å². The molecule has 2 aliphatic carbocycles. The van der Waals surface area contributed by atoms with Gasteiger partial charge in [0.2, 0.25) is 0 Å². The molecule has 2 fully saturated rings. The molecule has 0 aromatic heterocycles. The number of rotatable bonds is 9. The standard InChI is InChI=1S/C31H39F3O3/c1-3-4-5-6-20-7-9-22(10-8-20)25-16-17-26(30(34)29(25)33)31(35)37-24-14-11-21(12-15-24)23-13-18-28(36-2)27(32)19-23/h13,16-22,24H,3-12,14-15H2,1-2H3. The van der Waals surface area contributed by atoms with Gasteiger partial charge in [-0.3, -0.25) is 0 Å². The van der Waals surface area contributed by atoms with Crippen molar-refractivity contribution in [1.29, 1.82) is 0 Å². The fourth-order valence-corrected chi connectivity index (χ4v) is 6.15. The summed E-state index contributed by atoms with van der Waals surface area (Å²) in [5, 5.41) is 0. The summed E-state index contributed by atoms with van der Waals surface area (Å²) in [7, 11) is 1.43. The lowest BCUT2D eigenvalue weighted by Gasteiger charge is -2.30. The number of methoxy groups -OCH3 is 1. The minimum Gasteiger partial charge on any atom is -0.494 e. The molecule has 0 aliphatic heterocycles. The molecule has 0 heterocycles. The molecule has 0 unspecified atom stereocenters. The van der Waals surface area contributed by atoms with Gasteiger partial charge in [-0.2, -0.15) is 0 Å². The second kappa shape index (κ2) is 12.8. The highest BCUT2D eigenvalue weighted by atomic mass is 19.2. The number of esters is 1. The molecule has 0 bridgehead atoms. The average Bonchev–Trinajstić information content (AvgIpc) is 2.91. The smallest absolute Gasteiger partial charge is 0.341 e. The Morgan fingerprint density at radius 3 is 2.22 bits per heavy atom. The predicted octanol–water partition coefficient (Wildman–Crippen LogP) is 8.85. The predicted molar refractivity (Wildman–Crippen MR) is 139 cm³/mol. The maximum atomic E-state index is 15.0. The number of carbonyl (C=O) groups is 1. The number of hydrogen-bond acceptors (Lipinski definition) is 3. The Morgan fingerprint density at radius 1 is 0.865 bits per heavy atom. The van der Waals surface area contributed by atoms with E-state index in [1.807, 2.05) is 6.07 Å². The summed E-state index contributed by atoms with van der Waals surface area (Å²) in [6, 6.07) is 7.93. The number of unbranched alkanes of at least 4 members (excludes halogenated alkanes) is 2.